The van der Waals surface area contributed by atoms with Gasteiger partial charge >= 0.3 is 11.9 Å². The first-order valence-corrected chi connectivity index (χ1v) is 5.97. The molecule has 0 aromatic heterocycles. The lowest BCUT2D eigenvalue weighted by atomic mass is 10.2. The molecule has 0 radical (unpaired) electrons. The third-order valence-electron chi connectivity index (χ3n) is 2.21. The summed E-state index contributed by atoms with van der Waals surface area (Å²) in [6.45, 7) is 0. The summed E-state index contributed by atoms with van der Waals surface area (Å²) in [5.41, 5.74) is 5.34. The topological polar surface area (TPSA) is 139 Å². The van der Waals surface area contributed by atoms with Crippen LogP contribution in [0.15, 0.2) is 0 Å². The van der Waals surface area contributed by atoms with Crippen LogP contribution >= 0.6 is 11.8 Å². The highest BCUT2D eigenvalue weighted by Crippen LogP contribution is 2.28. The number of carboxylic acids is 2. The van der Waals surface area contributed by atoms with Gasteiger partial charge in [0.2, 0.25) is 0 Å². The van der Waals surface area contributed by atoms with Crippen molar-refractivity contribution in [3.63, 3.8) is 0 Å². The maximum absolute atomic E-state index is 10.5. The summed E-state index contributed by atoms with van der Waals surface area (Å²) in [5.74, 6) is 3.66. The standard InChI is InChI=1S/C8H15N3O5S/c9-5(8(14)15)3-17-6-1-4(2-7(12)13)16-11(6)10/h4-6H,1-3,9-10H2,(H,12,13)(H,14,15). The van der Waals surface area contributed by atoms with Crippen molar-refractivity contribution >= 4 is 23.7 Å². The SMILES string of the molecule is NC(CSC1CC(CC(=O)O)ON1N)C(=O)O. The first-order chi connectivity index (χ1) is 7.90. The number of rotatable bonds is 6. The number of hydroxylamine groups is 1. The van der Waals surface area contributed by atoms with E-state index in [1.165, 1.54) is 11.8 Å². The van der Waals surface area contributed by atoms with Crippen molar-refractivity contribution in [2.24, 2.45) is 11.6 Å². The Bertz CT molecular complexity index is 303. The number of carboxylic acid groups (broad SMARTS) is 2. The van der Waals surface area contributed by atoms with Gasteiger partial charge in [-0.15, -0.1) is 16.9 Å². The van der Waals surface area contributed by atoms with E-state index in [0.29, 0.717) is 6.42 Å². The van der Waals surface area contributed by atoms with Crippen LogP contribution in [-0.4, -0.2) is 50.6 Å². The van der Waals surface area contributed by atoms with Crippen LogP contribution in [-0.2, 0) is 14.4 Å². The molecule has 8 nitrogen and oxygen atoms in total. The lowest BCUT2D eigenvalue weighted by Crippen LogP contribution is -2.37. The average molecular weight is 265 g/mol. The molecule has 1 aliphatic heterocycles. The molecular weight excluding hydrogens is 250 g/mol. The molecule has 0 bridgehead atoms. The van der Waals surface area contributed by atoms with Crippen molar-refractivity contribution < 1.29 is 24.6 Å². The summed E-state index contributed by atoms with van der Waals surface area (Å²) in [5, 5.41) is 18.0. The molecule has 0 saturated carbocycles. The number of carbonyl (C=O) groups is 2. The fraction of sp³-hybridized carbons (Fsp3) is 0.750. The van der Waals surface area contributed by atoms with E-state index >= 15 is 0 Å². The minimum absolute atomic E-state index is 0.129. The predicted octanol–water partition coefficient (Wildman–Crippen LogP) is -1.19. The lowest BCUT2D eigenvalue weighted by molar-refractivity contribution is -0.164. The van der Waals surface area contributed by atoms with Gasteiger partial charge in [0.25, 0.3) is 0 Å². The fourth-order valence-electron chi connectivity index (χ4n) is 1.35. The van der Waals surface area contributed by atoms with Crippen molar-refractivity contribution in [1.29, 1.82) is 0 Å². The molecule has 1 aliphatic rings. The van der Waals surface area contributed by atoms with Gasteiger partial charge in [-0.25, -0.2) is 5.84 Å². The molecule has 1 saturated heterocycles. The van der Waals surface area contributed by atoms with Gasteiger partial charge in [-0.05, 0) is 0 Å². The summed E-state index contributed by atoms with van der Waals surface area (Å²) < 4.78 is 0. The zero-order chi connectivity index (χ0) is 13.0. The fourth-order valence-corrected chi connectivity index (χ4v) is 2.47. The van der Waals surface area contributed by atoms with Crippen LogP contribution in [0.1, 0.15) is 12.8 Å². The van der Waals surface area contributed by atoms with E-state index in [9.17, 15) is 9.59 Å². The van der Waals surface area contributed by atoms with Crippen LogP contribution in [0.25, 0.3) is 0 Å². The van der Waals surface area contributed by atoms with Crippen molar-refractivity contribution in [2.45, 2.75) is 30.4 Å². The number of nitrogens with two attached hydrogens (primary N) is 2. The second kappa shape index (κ2) is 6.17. The monoisotopic (exact) mass is 265 g/mol. The van der Waals surface area contributed by atoms with E-state index in [0.717, 1.165) is 5.17 Å². The van der Waals surface area contributed by atoms with Gasteiger partial charge in [-0.3, -0.25) is 14.4 Å². The van der Waals surface area contributed by atoms with E-state index in [4.69, 9.17) is 26.6 Å². The summed E-state index contributed by atoms with van der Waals surface area (Å²) in [4.78, 5) is 26.1. The largest absolute Gasteiger partial charge is 0.481 e. The second-order valence-electron chi connectivity index (χ2n) is 3.65. The number of hydrogen-bond acceptors (Lipinski definition) is 7. The number of aliphatic carboxylic acids is 2. The van der Waals surface area contributed by atoms with Crippen molar-refractivity contribution in [1.82, 2.24) is 5.17 Å². The Labute approximate surface area is 102 Å². The van der Waals surface area contributed by atoms with E-state index in [-0.39, 0.29) is 17.5 Å². The molecular formula is C8H15N3O5S. The first-order valence-electron chi connectivity index (χ1n) is 4.92. The van der Waals surface area contributed by atoms with Gasteiger partial charge in [0.15, 0.2) is 0 Å². The first kappa shape index (κ1) is 14.2. The lowest BCUT2D eigenvalue weighted by Gasteiger charge is -2.16. The number of hydrogen-bond donors (Lipinski definition) is 4. The second-order valence-corrected chi connectivity index (χ2v) is 4.86. The molecule has 17 heavy (non-hydrogen) atoms. The Morgan fingerprint density at radius 2 is 2.18 bits per heavy atom. The highest BCUT2D eigenvalue weighted by Gasteiger charge is 2.33. The molecule has 1 rings (SSSR count). The number of thioether (sulfide) groups is 1. The van der Waals surface area contributed by atoms with Crippen LogP contribution in [0.3, 0.4) is 0 Å². The predicted molar refractivity (Wildman–Crippen MR) is 59.6 cm³/mol. The Kier molecular flexibility index (Phi) is 5.15. The smallest absolute Gasteiger partial charge is 0.321 e. The van der Waals surface area contributed by atoms with Gasteiger partial charge in [0, 0.05) is 12.2 Å². The molecule has 0 aromatic rings. The molecule has 0 aliphatic carbocycles. The molecule has 1 fully saturated rings. The van der Waals surface area contributed by atoms with E-state index in [1.807, 2.05) is 0 Å². The van der Waals surface area contributed by atoms with Crippen LogP contribution in [0.2, 0.25) is 0 Å². The number of hydrazine groups is 1. The average Bonchev–Trinajstić information content (AvgIpc) is 2.54. The molecule has 0 spiro atoms. The number of nitrogens with zero attached hydrogens (tertiary/aromatic N) is 1. The zero-order valence-corrected chi connectivity index (χ0v) is 9.80. The molecule has 6 N–H and O–H groups in total. The molecule has 3 atom stereocenters. The van der Waals surface area contributed by atoms with Gasteiger partial charge in [-0.2, -0.15) is 0 Å². The minimum Gasteiger partial charge on any atom is -0.481 e. The molecule has 98 valence electrons. The van der Waals surface area contributed by atoms with Crippen LogP contribution < -0.4 is 11.6 Å². The van der Waals surface area contributed by atoms with Gasteiger partial charge < -0.3 is 15.9 Å². The maximum atomic E-state index is 10.5. The van der Waals surface area contributed by atoms with E-state index < -0.39 is 24.1 Å². The highest BCUT2D eigenvalue weighted by molar-refractivity contribution is 7.99. The Balaban J connectivity index is 2.35. The van der Waals surface area contributed by atoms with Gasteiger partial charge in [-0.1, -0.05) is 0 Å². The highest BCUT2D eigenvalue weighted by atomic mass is 32.2. The van der Waals surface area contributed by atoms with Crippen LogP contribution in [0.5, 0.6) is 0 Å². The normalized spacial score (nSPS) is 26.9. The zero-order valence-electron chi connectivity index (χ0n) is 8.98. The summed E-state index contributed by atoms with van der Waals surface area (Å²) in [6, 6.07) is -0.966. The van der Waals surface area contributed by atoms with Crippen LogP contribution in [0, 0.1) is 0 Å². The van der Waals surface area contributed by atoms with E-state index in [1.54, 1.807) is 0 Å². The van der Waals surface area contributed by atoms with Crippen molar-refractivity contribution in [3.8, 4) is 0 Å². The van der Waals surface area contributed by atoms with E-state index in [2.05, 4.69) is 0 Å². The quantitative estimate of drug-likeness (QED) is 0.436. The molecule has 9 heteroatoms. The van der Waals surface area contributed by atoms with Gasteiger partial charge in [0.05, 0.1) is 17.9 Å². The van der Waals surface area contributed by atoms with Crippen molar-refractivity contribution in [3.05, 3.63) is 0 Å². The summed E-state index contributed by atoms with van der Waals surface area (Å²) >= 11 is 1.24. The molecule has 1 heterocycles. The third kappa shape index (κ3) is 4.48. The van der Waals surface area contributed by atoms with Crippen LogP contribution in [0.4, 0.5) is 0 Å². The van der Waals surface area contributed by atoms with Gasteiger partial charge in [0.1, 0.15) is 6.04 Å². The Morgan fingerprint density at radius 1 is 1.53 bits per heavy atom. The maximum Gasteiger partial charge on any atom is 0.321 e. The molecule has 0 aromatic carbocycles. The Morgan fingerprint density at radius 3 is 2.71 bits per heavy atom. The summed E-state index contributed by atoms with van der Waals surface area (Å²) in [6.07, 6.45) is -0.175. The third-order valence-corrected chi connectivity index (χ3v) is 3.54. The van der Waals surface area contributed by atoms with Crippen molar-refractivity contribution in [2.75, 3.05) is 5.75 Å². The summed E-state index contributed by atoms with van der Waals surface area (Å²) in [7, 11) is 0. The minimum atomic E-state index is -1.08. The molecule has 3 unspecified atom stereocenters. The Hall–Kier alpha value is -0.870. The molecule has 0 amide bonds.